The van der Waals surface area contributed by atoms with Crippen molar-refractivity contribution in [3.8, 4) is 0 Å². The van der Waals surface area contributed by atoms with Crippen molar-refractivity contribution >= 4 is 34.2 Å². The number of hydrogen-bond donors (Lipinski definition) is 1. The van der Waals surface area contributed by atoms with Gasteiger partial charge >= 0.3 is 0 Å². The Morgan fingerprint density at radius 1 is 1.04 bits per heavy atom. The molecule has 1 aliphatic carbocycles. The Bertz CT molecular complexity index is 1010. The molecule has 0 saturated carbocycles. The molecule has 0 fully saturated rings. The number of rotatable bonds is 4. The van der Waals surface area contributed by atoms with Gasteiger partial charge in [0.05, 0.1) is 6.21 Å². The van der Waals surface area contributed by atoms with E-state index < -0.39 is 10.8 Å². The van der Waals surface area contributed by atoms with Gasteiger partial charge in [-0.25, -0.2) is 0 Å². The van der Waals surface area contributed by atoms with Crippen LogP contribution in [0.25, 0.3) is 0 Å². The lowest BCUT2D eigenvalue weighted by molar-refractivity contribution is -0.393. The highest BCUT2D eigenvalue weighted by Crippen LogP contribution is 2.31. The van der Waals surface area contributed by atoms with Crippen molar-refractivity contribution in [3.63, 3.8) is 0 Å². The zero-order valence-electron chi connectivity index (χ0n) is 14.5. The zero-order valence-corrected chi connectivity index (χ0v) is 15.4. The average Bonchev–Trinajstić information content (AvgIpc) is 3.01. The summed E-state index contributed by atoms with van der Waals surface area (Å²) >= 11 is 0. The van der Waals surface area contributed by atoms with Crippen molar-refractivity contribution in [2.45, 2.75) is 6.42 Å². The fraction of sp³-hybridized carbons (Fsp3) is 0.0455. The molecule has 2 aliphatic rings. The van der Waals surface area contributed by atoms with Crippen LogP contribution in [0.15, 0.2) is 95.4 Å². The Balaban J connectivity index is 1.72. The van der Waals surface area contributed by atoms with Gasteiger partial charge in [0.15, 0.2) is 5.78 Å². The monoisotopic (exact) mass is 374 g/mol. The number of nitrogens with one attached hydrogen (secondary N) is 1. The van der Waals surface area contributed by atoms with Gasteiger partial charge in [0, 0.05) is 16.2 Å². The van der Waals surface area contributed by atoms with Gasteiger partial charge < -0.3 is 5.32 Å². The fourth-order valence-corrected chi connectivity index (χ4v) is 4.11. The second-order valence-corrected chi connectivity index (χ2v) is 7.50. The Kier molecular flexibility index (Phi) is 4.85. The molecule has 27 heavy (non-hydrogen) atoms. The van der Waals surface area contributed by atoms with Crippen molar-refractivity contribution in [2.75, 3.05) is 5.32 Å². The Morgan fingerprint density at radius 2 is 1.74 bits per heavy atom. The van der Waals surface area contributed by atoms with Crippen LogP contribution in [-0.4, -0.2) is 20.8 Å². The average molecular weight is 374 g/mol. The molecule has 1 unspecified atom stereocenters. The molecule has 1 N–H and O–H groups in total. The standard InChI is InChI=1S/C22H18N2O2S/c25-21-14-8-7-9-17(21)15-20-16-24(19-12-5-2-6-13-19)22(27(20)26)23-18-10-3-1-4-11-18/h1-6,8-16,23H,7H2. The number of anilines is 1. The van der Waals surface area contributed by atoms with E-state index in [0.717, 1.165) is 11.4 Å². The zero-order chi connectivity index (χ0) is 18.6. The van der Waals surface area contributed by atoms with Crippen LogP contribution < -0.4 is 5.32 Å². The molecule has 2 aromatic carbocycles. The highest BCUT2D eigenvalue weighted by Gasteiger charge is 2.32. The van der Waals surface area contributed by atoms with E-state index in [4.69, 9.17) is 0 Å². The second kappa shape index (κ2) is 7.60. The summed E-state index contributed by atoms with van der Waals surface area (Å²) in [4.78, 5) is 12.7. The van der Waals surface area contributed by atoms with Crippen LogP contribution in [-0.2, 0) is 15.6 Å². The van der Waals surface area contributed by atoms with Crippen molar-refractivity contribution in [1.29, 1.82) is 0 Å². The quantitative estimate of drug-likeness (QED) is 0.648. The van der Waals surface area contributed by atoms with Crippen LogP contribution in [0.1, 0.15) is 6.42 Å². The first-order valence-corrected chi connectivity index (χ1v) is 9.80. The molecule has 1 atom stereocenters. The van der Waals surface area contributed by atoms with E-state index in [1.807, 2.05) is 83.6 Å². The van der Waals surface area contributed by atoms with E-state index in [-0.39, 0.29) is 5.78 Å². The summed E-state index contributed by atoms with van der Waals surface area (Å²) in [6.07, 6.45) is 9.49. The molecule has 1 aliphatic heterocycles. The van der Waals surface area contributed by atoms with Crippen molar-refractivity contribution in [3.05, 3.63) is 101 Å². The lowest BCUT2D eigenvalue weighted by Gasteiger charge is -2.18. The van der Waals surface area contributed by atoms with Gasteiger partial charge in [0.1, 0.15) is 16.5 Å². The van der Waals surface area contributed by atoms with Crippen LogP contribution in [0.2, 0.25) is 0 Å². The molecule has 4 rings (SSSR count). The number of carbonyl (C=O) groups excluding carboxylic acids is 1. The molecule has 0 radical (unpaired) electrons. The van der Waals surface area contributed by atoms with Crippen molar-refractivity contribution < 1.29 is 13.6 Å². The number of nitrogens with zero attached hydrogens (tertiary/aromatic N) is 1. The molecular formula is C22H18N2O2S. The molecule has 0 aromatic heterocycles. The predicted octanol–water partition coefficient (Wildman–Crippen LogP) is 4.06. The molecule has 1 heterocycles. The smallest absolute Gasteiger partial charge is 0.250 e. The first-order valence-electron chi connectivity index (χ1n) is 8.65. The molecule has 0 bridgehead atoms. The third-order valence-electron chi connectivity index (χ3n) is 4.25. The van der Waals surface area contributed by atoms with Crippen LogP contribution in [0.3, 0.4) is 0 Å². The molecular weight excluding hydrogens is 356 g/mol. The van der Waals surface area contributed by atoms with E-state index in [1.165, 1.54) is 0 Å². The van der Waals surface area contributed by atoms with Gasteiger partial charge in [-0.15, -0.1) is 0 Å². The second-order valence-electron chi connectivity index (χ2n) is 6.11. The van der Waals surface area contributed by atoms with E-state index in [2.05, 4.69) is 5.32 Å². The van der Waals surface area contributed by atoms with Gasteiger partial charge in [-0.2, -0.15) is 0 Å². The summed E-state index contributed by atoms with van der Waals surface area (Å²) in [5.74, 6) is -0.0603. The third kappa shape index (κ3) is 3.68. The van der Waals surface area contributed by atoms with Crippen LogP contribution >= 0.6 is 0 Å². The number of hydrogen-bond acceptors (Lipinski definition) is 3. The number of allylic oxidation sites excluding steroid dienone is 6. The minimum atomic E-state index is -1.43. The lowest BCUT2D eigenvalue weighted by atomic mass is 10.0. The summed E-state index contributed by atoms with van der Waals surface area (Å²) in [6.45, 7) is 0. The van der Waals surface area contributed by atoms with Crippen LogP contribution in [0.4, 0.5) is 11.4 Å². The topological polar surface area (TPSA) is 49.2 Å². The largest absolute Gasteiger partial charge is 0.347 e. The predicted molar refractivity (Wildman–Crippen MR) is 109 cm³/mol. The Labute approximate surface area is 160 Å². The molecule has 0 amide bonds. The maximum Gasteiger partial charge on any atom is 0.250 e. The van der Waals surface area contributed by atoms with E-state index in [0.29, 0.717) is 22.4 Å². The van der Waals surface area contributed by atoms with Gasteiger partial charge in [0.25, 0.3) is 0 Å². The Hall–Kier alpha value is -3.18. The van der Waals surface area contributed by atoms with Gasteiger partial charge in [-0.05, 0) is 42.8 Å². The summed E-state index contributed by atoms with van der Waals surface area (Å²) < 4.78 is 15.1. The normalized spacial score (nSPS) is 20.6. The van der Waals surface area contributed by atoms with Gasteiger partial charge in [-0.1, -0.05) is 48.6 Å². The molecule has 0 saturated heterocycles. The molecule has 0 spiro atoms. The lowest BCUT2D eigenvalue weighted by Crippen LogP contribution is -2.21. The number of ketones is 1. The minimum Gasteiger partial charge on any atom is -0.347 e. The van der Waals surface area contributed by atoms with Gasteiger partial charge in [0.2, 0.25) is 5.50 Å². The third-order valence-corrected chi connectivity index (χ3v) is 5.55. The minimum absolute atomic E-state index is 0.0603. The van der Waals surface area contributed by atoms with Crippen LogP contribution in [0.5, 0.6) is 0 Å². The first-order chi connectivity index (χ1) is 13.2. The van der Waals surface area contributed by atoms with E-state index in [1.54, 1.807) is 12.2 Å². The maximum absolute atomic E-state index is 13.2. The number of benzene rings is 2. The summed E-state index contributed by atoms with van der Waals surface area (Å²) in [5.41, 5.74) is 2.88. The van der Waals surface area contributed by atoms with E-state index >= 15 is 0 Å². The SMILES string of the molecule is O=C1C=CCC=C1C=C1C=[N+](c2ccccc2)[C-](Nc2ccccc2)S1=O. The number of carbonyl (C=O) groups is 1. The van der Waals surface area contributed by atoms with Crippen LogP contribution in [0, 0.1) is 5.50 Å². The van der Waals surface area contributed by atoms with Crippen molar-refractivity contribution in [1.82, 2.24) is 0 Å². The van der Waals surface area contributed by atoms with Crippen molar-refractivity contribution in [2.24, 2.45) is 0 Å². The van der Waals surface area contributed by atoms with Gasteiger partial charge in [-0.3, -0.25) is 13.6 Å². The van der Waals surface area contributed by atoms with E-state index in [9.17, 15) is 9.00 Å². The molecule has 4 nitrogen and oxygen atoms in total. The molecule has 5 heteroatoms. The molecule has 2 aromatic rings. The Morgan fingerprint density at radius 3 is 2.44 bits per heavy atom. The molecule has 134 valence electrons. The highest BCUT2D eigenvalue weighted by molar-refractivity contribution is 7.92. The summed E-state index contributed by atoms with van der Waals surface area (Å²) in [6, 6.07) is 19.3. The first kappa shape index (κ1) is 17.2. The number of para-hydroxylation sites is 2. The fourth-order valence-electron chi connectivity index (χ4n) is 2.91. The summed E-state index contributed by atoms with van der Waals surface area (Å²) in [7, 11) is -1.43. The highest BCUT2D eigenvalue weighted by atomic mass is 32.2. The summed E-state index contributed by atoms with van der Waals surface area (Å²) in [5, 5.41) is 3.27. The maximum atomic E-state index is 13.2.